The van der Waals surface area contributed by atoms with E-state index >= 15 is 0 Å². The largest absolute Gasteiger partial charge is 0.353 e. The predicted octanol–water partition coefficient (Wildman–Crippen LogP) is 1.16. The zero-order valence-electron chi connectivity index (χ0n) is 8.50. The van der Waals surface area contributed by atoms with Gasteiger partial charge in [-0.15, -0.1) is 0 Å². The number of halogens is 2. The molecule has 2 rings (SSSR count). The van der Waals surface area contributed by atoms with Gasteiger partial charge in [-0.2, -0.15) is 0 Å². The average molecular weight is 213 g/mol. The van der Waals surface area contributed by atoms with Crippen LogP contribution >= 0.6 is 0 Å². The fourth-order valence-corrected chi connectivity index (χ4v) is 1.83. The molecule has 1 aliphatic rings. The first kappa shape index (κ1) is 10.3. The van der Waals surface area contributed by atoms with E-state index in [1.165, 1.54) is 0 Å². The molecular weight excluding hydrogens is 200 g/mol. The zero-order valence-corrected chi connectivity index (χ0v) is 8.50. The van der Waals surface area contributed by atoms with Gasteiger partial charge in [-0.05, 0) is 13.5 Å². The minimum atomic E-state index is -0.638. The number of likely N-dealkylation sites (N-methyl/N-ethyl adjacent to an activating group) is 1. The fraction of sp³-hybridized carbons (Fsp3) is 0.500. The number of rotatable bonds is 2. The predicted molar refractivity (Wildman–Crippen MR) is 53.8 cm³/mol. The maximum absolute atomic E-state index is 13.4. The lowest BCUT2D eigenvalue weighted by Gasteiger charge is -2.17. The van der Waals surface area contributed by atoms with E-state index in [-0.39, 0.29) is 5.82 Å². The molecule has 1 fully saturated rings. The summed E-state index contributed by atoms with van der Waals surface area (Å²) < 4.78 is 26.0. The Balaban J connectivity index is 2.17. The van der Waals surface area contributed by atoms with Crippen molar-refractivity contribution < 1.29 is 8.78 Å². The number of nitrogens with one attached hydrogen (secondary N) is 1. The molecule has 1 unspecified atom stereocenters. The first-order valence-corrected chi connectivity index (χ1v) is 4.94. The molecule has 3 nitrogen and oxygen atoms in total. The molecule has 1 aromatic rings. The van der Waals surface area contributed by atoms with Crippen LogP contribution in [0.2, 0.25) is 0 Å². The summed E-state index contributed by atoms with van der Waals surface area (Å²) in [5, 5.41) is 3.13. The van der Waals surface area contributed by atoms with E-state index in [1.807, 2.05) is 11.9 Å². The van der Waals surface area contributed by atoms with E-state index in [0.717, 1.165) is 25.2 Å². The van der Waals surface area contributed by atoms with Crippen LogP contribution < -0.4 is 10.2 Å². The van der Waals surface area contributed by atoms with Gasteiger partial charge in [0.15, 0.2) is 11.6 Å². The van der Waals surface area contributed by atoms with E-state index in [9.17, 15) is 8.78 Å². The summed E-state index contributed by atoms with van der Waals surface area (Å²) >= 11 is 0. The van der Waals surface area contributed by atoms with E-state index < -0.39 is 11.6 Å². The molecule has 1 atom stereocenters. The number of pyridine rings is 1. The first-order valence-electron chi connectivity index (χ1n) is 4.94. The van der Waals surface area contributed by atoms with E-state index in [4.69, 9.17) is 0 Å². The van der Waals surface area contributed by atoms with Crippen molar-refractivity contribution in [1.29, 1.82) is 0 Å². The number of anilines is 1. The van der Waals surface area contributed by atoms with Gasteiger partial charge in [0.25, 0.3) is 0 Å². The Hall–Kier alpha value is -1.23. The lowest BCUT2D eigenvalue weighted by atomic mass is 10.3. The van der Waals surface area contributed by atoms with Gasteiger partial charge in [0.1, 0.15) is 5.82 Å². The fourth-order valence-electron chi connectivity index (χ4n) is 1.83. The number of nitrogens with zero attached hydrogens (tertiary/aromatic N) is 2. The number of hydrogen-bond acceptors (Lipinski definition) is 3. The van der Waals surface area contributed by atoms with Crippen molar-refractivity contribution in [2.45, 2.75) is 12.5 Å². The Morgan fingerprint density at radius 2 is 2.33 bits per heavy atom. The van der Waals surface area contributed by atoms with Crippen molar-refractivity contribution in [2.24, 2.45) is 0 Å². The Morgan fingerprint density at radius 1 is 1.53 bits per heavy atom. The molecule has 1 saturated heterocycles. The SMILES string of the molecule is CNC1CCN(c2ncc(F)cc2F)C1. The highest BCUT2D eigenvalue weighted by atomic mass is 19.1. The molecule has 0 aliphatic carbocycles. The highest BCUT2D eigenvalue weighted by Gasteiger charge is 2.24. The van der Waals surface area contributed by atoms with Crippen LogP contribution in [-0.2, 0) is 0 Å². The highest BCUT2D eigenvalue weighted by Crippen LogP contribution is 2.21. The van der Waals surface area contributed by atoms with E-state index in [2.05, 4.69) is 10.3 Å². The summed E-state index contributed by atoms with van der Waals surface area (Å²) in [7, 11) is 1.88. The summed E-state index contributed by atoms with van der Waals surface area (Å²) in [4.78, 5) is 5.61. The third kappa shape index (κ3) is 2.07. The van der Waals surface area contributed by atoms with Crippen LogP contribution in [0.5, 0.6) is 0 Å². The summed E-state index contributed by atoms with van der Waals surface area (Å²) in [6, 6.07) is 1.23. The van der Waals surface area contributed by atoms with Crippen LogP contribution in [0.25, 0.3) is 0 Å². The van der Waals surface area contributed by atoms with Crippen molar-refractivity contribution in [1.82, 2.24) is 10.3 Å². The van der Waals surface area contributed by atoms with Crippen molar-refractivity contribution in [3.05, 3.63) is 23.9 Å². The minimum absolute atomic E-state index is 0.245. The van der Waals surface area contributed by atoms with Crippen LogP contribution in [0.4, 0.5) is 14.6 Å². The zero-order chi connectivity index (χ0) is 10.8. The summed E-state index contributed by atoms with van der Waals surface area (Å²) in [6.45, 7) is 1.47. The molecule has 0 aromatic carbocycles. The molecule has 0 saturated carbocycles. The Labute approximate surface area is 87.1 Å². The third-order valence-corrected chi connectivity index (χ3v) is 2.68. The molecule has 82 valence electrons. The van der Waals surface area contributed by atoms with Crippen LogP contribution in [-0.4, -0.2) is 31.2 Å². The lowest BCUT2D eigenvalue weighted by Crippen LogP contribution is -2.30. The second-order valence-corrected chi connectivity index (χ2v) is 3.68. The molecule has 1 aromatic heterocycles. The quantitative estimate of drug-likeness (QED) is 0.799. The van der Waals surface area contributed by atoms with Crippen LogP contribution in [0, 0.1) is 11.6 Å². The molecule has 0 bridgehead atoms. The normalized spacial score (nSPS) is 21.0. The summed E-state index contributed by atoms with van der Waals surface area (Å²) in [6.07, 6.45) is 2.00. The van der Waals surface area contributed by atoms with Crippen LogP contribution in [0.15, 0.2) is 12.3 Å². The van der Waals surface area contributed by atoms with Crippen molar-refractivity contribution >= 4 is 5.82 Å². The maximum Gasteiger partial charge on any atom is 0.168 e. The van der Waals surface area contributed by atoms with Gasteiger partial charge < -0.3 is 10.2 Å². The van der Waals surface area contributed by atoms with Gasteiger partial charge in [-0.25, -0.2) is 13.8 Å². The van der Waals surface area contributed by atoms with Gasteiger partial charge in [-0.1, -0.05) is 0 Å². The van der Waals surface area contributed by atoms with Gasteiger partial charge in [0.05, 0.1) is 6.20 Å². The van der Waals surface area contributed by atoms with Crippen molar-refractivity contribution in [2.75, 3.05) is 25.0 Å². The molecule has 2 heterocycles. The van der Waals surface area contributed by atoms with Gasteiger partial charge in [0, 0.05) is 25.2 Å². The first-order chi connectivity index (χ1) is 7.20. The Morgan fingerprint density at radius 3 is 2.93 bits per heavy atom. The molecule has 15 heavy (non-hydrogen) atoms. The second-order valence-electron chi connectivity index (χ2n) is 3.68. The van der Waals surface area contributed by atoms with Crippen LogP contribution in [0.1, 0.15) is 6.42 Å². The van der Waals surface area contributed by atoms with Gasteiger partial charge in [0.2, 0.25) is 0 Å². The molecule has 0 amide bonds. The molecule has 1 N–H and O–H groups in total. The van der Waals surface area contributed by atoms with Gasteiger partial charge >= 0.3 is 0 Å². The van der Waals surface area contributed by atoms with E-state index in [1.54, 1.807) is 0 Å². The van der Waals surface area contributed by atoms with Crippen molar-refractivity contribution in [3.63, 3.8) is 0 Å². The number of aromatic nitrogens is 1. The highest BCUT2D eigenvalue weighted by molar-refractivity contribution is 5.41. The monoisotopic (exact) mass is 213 g/mol. The molecule has 0 spiro atoms. The molecular formula is C10H13F2N3. The molecule has 0 radical (unpaired) electrons. The topological polar surface area (TPSA) is 28.2 Å². The third-order valence-electron chi connectivity index (χ3n) is 2.68. The lowest BCUT2D eigenvalue weighted by molar-refractivity contribution is 0.568. The van der Waals surface area contributed by atoms with Gasteiger partial charge in [-0.3, -0.25) is 0 Å². The van der Waals surface area contributed by atoms with Crippen LogP contribution in [0.3, 0.4) is 0 Å². The summed E-state index contributed by atoms with van der Waals surface area (Å²) in [5.41, 5.74) is 0. The summed E-state index contributed by atoms with van der Waals surface area (Å²) in [5.74, 6) is -0.985. The van der Waals surface area contributed by atoms with E-state index in [0.29, 0.717) is 12.6 Å². The van der Waals surface area contributed by atoms with Crippen molar-refractivity contribution in [3.8, 4) is 0 Å². The second kappa shape index (κ2) is 4.10. The standard InChI is InChI=1S/C10H13F2N3/c1-13-8-2-3-15(6-8)10-9(12)4-7(11)5-14-10/h4-5,8,13H,2-3,6H2,1H3. The smallest absolute Gasteiger partial charge is 0.168 e. The average Bonchev–Trinajstić information content (AvgIpc) is 2.66. The minimum Gasteiger partial charge on any atom is -0.353 e. The maximum atomic E-state index is 13.4. The molecule has 5 heteroatoms. The molecule has 1 aliphatic heterocycles. The Kier molecular flexibility index (Phi) is 2.81. The Bertz CT molecular complexity index is 357. The number of hydrogen-bond donors (Lipinski definition) is 1.